The average Bonchev–Trinajstić information content (AvgIpc) is 3.25. The predicted molar refractivity (Wildman–Crippen MR) is 125 cm³/mol. The minimum absolute atomic E-state index is 0.0466. The molecule has 2 amide bonds. The quantitative estimate of drug-likeness (QED) is 0.535. The Kier molecular flexibility index (Phi) is 6.48. The maximum absolute atomic E-state index is 13.1. The summed E-state index contributed by atoms with van der Waals surface area (Å²) in [5, 5.41) is 10.8. The lowest BCUT2D eigenvalue weighted by Crippen LogP contribution is -2.36. The van der Waals surface area contributed by atoms with E-state index >= 15 is 0 Å². The van der Waals surface area contributed by atoms with Crippen molar-refractivity contribution in [2.75, 3.05) is 26.3 Å². The molecule has 0 fully saturated rings. The van der Waals surface area contributed by atoms with Gasteiger partial charge in [-0.2, -0.15) is 5.10 Å². The van der Waals surface area contributed by atoms with Gasteiger partial charge in [0.1, 0.15) is 13.2 Å². The van der Waals surface area contributed by atoms with E-state index in [0.717, 1.165) is 5.56 Å². The summed E-state index contributed by atoms with van der Waals surface area (Å²) in [6.45, 7) is 9.37. The van der Waals surface area contributed by atoms with Crippen molar-refractivity contribution >= 4 is 22.8 Å². The lowest BCUT2D eigenvalue weighted by molar-refractivity contribution is -0.123. The second kappa shape index (κ2) is 9.48. The Hall–Kier alpha value is -3.62. The molecule has 0 atom stereocenters. The van der Waals surface area contributed by atoms with Crippen LogP contribution in [0.15, 0.2) is 30.5 Å². The molecule has 4 rings (SSSR count). The standard InChI is InChI=1S/C24H29N5O4/c1-14(2)23(30)25-7-8-26-24(31)17-12-19(28-22-18(17)13-27-29(22)15(3)4)16-5-6-20-21(11-16)33-10-9-32-20/h5-6,11-15H,7-10H2,1-4H3,(H,25,30)(H,26,31). The van der Waals surface area contributed by atoms with Crippen LogP contribution in [0, 0.1) is 5.92 Å². The fourth-order valence-electron chi connectivity index (χ4n) is 3.60. The van der Waals surface area contributed by atoms with Gasteiger partial charge in [0.2, 0.25) is 5.91 Å². The van der Waals surface area contributed by atoms with Crippen LogP contribution < -0.4 is 20.1 Å². The van der Waals surface area contributed by atoms with Crippen LogP contribution in [0.5, 0.6) is 11.5 Å². The number of carbonyl (C=O) groups excluding carboxylic acids is 2. The van der Waals surface area contributed by atoms with E-state index in [1.165, 1.54) is 0 Å². The van der Waals surface area contributed by atoms with Crippen molar-refractivity contribution in [2.24, 2.45) is 5.92 Å². The van der Waals surface area contributed by atoms with Gasteiger partial charge in [-0.1, -0.05) is 13.8 Å². The van der Waals surface area contributed by atoms with E-state index in [-0.39, 0.29) is 23.8 Å². The molecule has 2 aromatic heterocycles. The molecule has 0 unspecified atom stereocenters. The molecule has 0 saturated carbocycles. The Morgan fingerprint density at radius 3 is 2.48 bits per heavy atom. The molecule has 0 aliphatic carbocycles. The fourth-order valence-corrected chi connectivity index (χ4v) is 3.60. The lowest BCUT2D eigenvalue weighted by atomic mass is 10.1. The Morgan fingerprint density at radius 2 is 1.76 bits per heavy atom. The number of fused-ring (bicyclic) bond motifs is 2. The molecule has 3 heterocycles. The van der Waals surface area contributed by atoms with Crippen LogP contribution in [0.4, 0.5) is 0 Å². The zero-order valence-corrected chi connectivity index (χ0v) is 19.3. The number of amides is 2. The van der Waals surface area contributed by atoms with Crippen LogP contribution in [0.1, 0.15) is 44.1 Å². The molecule has 9 heteroatoms. The molecular formula is C24H29N5O4. The van der Waals surface area contributed by atoms with E-state index in [4.69, 9.17) is 14.5 Å². The zero-order chi connectivity index (χ0) is 23.5. The van der Waals surface area contributed by atoms with Crippen LogP contribution in [0.25, 0.3) is 22.3 Å². The van der Waals surface area contributed by atoms with Gasteiger partial charge in [0, 0.05) is 30.6 Å². The molecule has 1 aliphatic heterocycles. The molecule has 174 valence electrons. The van der Waals surface area contributed by atoms with Gasteiger partial charge in [-0.25, -0.2) is 9.67 Å². The van der Waals surface area contributed by atoms with E-state index in [0.29, 0.717) is 60.1 Å². The highest BCUT2D eigenvalue weighted by atomic mass is 16.6. The molecule has 1 aliphatic rings. The molecule has 0 saturated heterocycles. The SMILES string of the molecule is CC(C)C(=O)NCCNC(=O)c1cc(-c2ccc3c(c2)OCCO3)nc2c1cnn2C(C)C. The second-order valence-electron chi connectivity index (χ2n) is 8.54. The molecular weight excluding hydrogens is 422 g/mol. The van der Waals surface area contributed by atoms with E-state index in [2.05, 4.69) is 15.7 Å². The number of nitrogens with one attached hydrogen (secondary N) is 2. The largest absolute Gasteiger partial charge is 0.486 e. The van der Waals surface area contributed by atoms with Gasteiger partial charge >= 0.3 is 0 Å². The van der Waals surface area contributed by atoms with Crippen molar-refractivity contribution in [3.05, 3.63) is 36.0 Å². The zero-order valence-electron chi connectivity index (χ0n) is 19.3. The maximum atomic E-state index is 13.1. The third-order valence-corrected chi connectivity index (χ3v) is 5.37. The maximum Gasteiger partial charge on any atom is 0.252 e. The number of carbonyl (C=O) groups is 2. The number of aromatic nitrogens is 3. The molecule has 1 aromatic carbocycles. The Bertz CT molecular complexity index is 1190. The van der Waals surface area contributed by atoms with E-state index < -0.39 is 0 Å². The molecule has 33 heavy (non-hydrogen) atoms. The van der Waals surface area contributed by atoms with Gasteiger partial charge in [-0.15, -0.1) is 0 Å². The molecule has 0 radical (unpaired) electrons. The highest BCUT2D eigenvalue weighted by Crippen LogP contribution is 2.35. The fraction of sp³-hybridized carbons (Fsp3) is 0.417. The van der Waals surface area contributed by atoms with Crippen molar-refractivity contribution < 1.29 is 19.1 Å². The van der Waals surface area contributed by atoms with Gasteiger partial charge in [0.05, 0.1) is 22.8 Å². The van der Waals surface area contributed by atoms with Gasteiger partial charge in [0.25, 0.3) is 5.91 Å². The topological polar surface area (TPSA) is 107 Å². The number of hydrogen-bond donors (Lipinski definition) is 2. The van der Waals surface area contributed by atoms with Crippen LogP contribution >= 0.6 is 0 Å². The van der Waals surface area contributed by atoms with E-state index in [9.17, 15) is 9.59 Å². The van der Waals surface area contributed by atoms with Gasteiger partial charge in [-0.05, 0) is 38.1 Å². The van der Waals surface area contributed by atoms with Gasteiger partial charge < -0.3 is 20.1 Å². The number of benzene rings is 1. The Labute approximate surface area is 192 Å². The second-order valence-corrected chi connectivity index (χ2v) is 8.54. The summed E-state index contributed by atoms with van der Waals surface area (Å²) in [5.41, 5.74) is 2.57. The van der Waals surface area contributed by atoms with Gasteiger partial charge in [0.15, 0.2) is 17.1 Å². The van der Waals surface area contributed by atoms with Crippen LogP contribution in [-0.4, -0.2) is 52.9 Å². The van der Waals surface area contributed by atoms with Crippen molar-refractivity contribution in [3.63, 3.8) is 0 Å². The average molecular weight is 452 g/mol. The Balaban J connectivity index is 1.66. The highest BCUT2D eigenvalue weighted by Gasteiger charge is 2.20. The molecule has 0 spiro atoms. The van der Waals surface area contributed by atoms with Crippen molar-refractivity contribution in [3.8, 4) is 22.8 Å². The summed E-state index contributed by atoms with van der Waals surface area (Å²) in [4.78, 5) is 29.7. The normalized spacial score (nSPS) is 12.9. The third kappa shape index (κ3) is 4.76. The first-order valence-electron chi connectivity index (χ1n) is 11.2. The van der Waals surface area contributed by atoms with Crippen molar-refractivity contribution in [2.45, 2.75) is 33.7 Å². The third-order valence-electron chi connectivity index (χ3n) is 5.37. The summed E-state index contributed by atoms with van der Waals surface area (Å²) < 4.78 is 13.1. The van der Waals surface area contributed by atoms with Crippen molar-refractivity contribution in [1.29, 1.82) is 0 Å². The summed E-state index contributed by atoms with van der Waals surface area (Å²) in [6, 6.07) is 7.48. The molecule has 3 aromatic rings. The number of nitrogens with zero attached hydrogens (tertiary/aromatic N) is 3. The predicted octanol–water partition coefficient (Wildman–Crippen LogP) is 2.95. The van der Waals surface area contributed by atoms with Crippen LogP contribution in [0.3, 0.4) is 0 Å². The number of rotatable bonds is 7. The monoisotopic (exact) mass is 451 g/mol. The summed E-state index contributed by atoms with van der Waals surface area (Å²) in [5.74, 6) is 0.957. The minimum atomic E-state index is -0.247. The van der Waals surface area contributed by atoms with Gasteiger partial charge in [-0.3, -0.25) is 9.59 Å². The lowest BCUT2D eigenvalue weighted by Gasteiger charge is -2.19. The summed E-state index contributed by atoms with van der Waals surface area (Å²) >= 11 is 0. The number of hydrogen-bond acceptors (Lipinski definition) is 6. The first kappa shape index (κ1) is 22.6. The van der Waals surface area contributed by atoms with Crippen molar-refractivity contribution in [1.82, 2.24) is 25.4 Å². The minimum Gasteiger partial charge on any atom is -0.486 e. The summed E-state index contributed by atoms with van der Waals surface area (Å²) in [7, 11) is 0. The first-order chi connectivity index (χ1) is 15.8. The number of ether oxygens (including phenoxy) is 2. The number of pyridine rings is 1. The van der Waals surface area contributed by atoms with E-state index in [1.54, 1.807) is 16.9 Å². The van der Waals surface area contributed by atoms with E-state index in [1.807, 2.05) is 45.9 Å². The molecule has 9 nitrogen and oxygen atoms in total. The molecule has 2 N–H and O–H groups in total. The smallest absolute Gasteiger partial charge is 0.252 e. The van der Waals surface area contributed by atoms with Crippen LogP contribution in [0.2, 0.25) is 0 Å². The molecule has 0 bridgehead atoms. The van der Waals surface area contributed by atoms with Crippen LogP contribution in [-0.2, 0) is 4.79 Å². The first-order valence-corrected chi connectivity index (χ1v) is 11.2. The highest BCUT2D eigenvalue weighted by molar-refractivity contribution is 6.06. The summed E-state index contributed by atoms with van der Waals surface area (Å²) in [6.07, 6.45) is 1.67. The Morgan fingerprint density at radius 1 is 1.03 bits per heavy atom.